The number of morpholine rings is 1. The van der Waals surface area contributed by atoms with Gasteiger partial charge in [-0.15, -0.1) is 0 Å². The van der Waals surface area contributed by atoms with Gasteiger partial charge in [-0.25, -0.2) is 0 Å². The summed E-state index contributed by atoms with van der Waals surface area (Å²) in [4.78, 5) is 44.3. The molecule has 4 heterocycles. The summed E-state index contributed by atoms with van der Waals surface area (Å²) in [7, 11) is 0. The third-order valence-corrected chi connectivity index (χ3v) is 6.61. The van der Waals surface area contributed by atoms with Crippen molar-refractivity contribution in [2.45, 2.75) is 13.3 Å². The second-order valence-corrected chi connectivity index (χ2v) is 8.55. The Hall–Kier alpha value is -3.43. The minimum absolute atomic E-state index is 0.0386. The van der Waals surface area contributed by atoms with Crippen LogP contribution in [0.3, 0.4) is 0 Å². The van der Waals surface area contributed by atoms with E-state index in [0.29, 0.717) is 42.0 Å². The molecule has 9 nitrogen and oxygen atoms in total. The molecular formula is C24H27N5O4. The fourth-order valence-electron chi connectivity index (χ4n) is 4.74. The monoisotopic (exact) mass is 449 g/mol. The van der Waals surface area contributed by atoms with Gasteiger partial charge in [-0.1, -0.05) is 0 Å². The molecule has 33 heavy (non-hydrogen) atoms. The Bertz CT molecular complexity index is 1150. The summed E-state index contributed by atoms with van der Waals surface area (Å²) in [5.74, 6) is -0.171. The Kier molecular flexibility index (Phi) is 5.74. The Morgan fingerprint density at radius 1 is 1.15 bits per heavy atom. The summed E-state index contributed by atoms with van der Waals surface area (Å²) in [6, 6.07) is 5.27. The maximum Gasteiger partial charge on any atom is 0.256 e. The average molecular weight is 450 g/mol. The molecule has 0 radical (unpaired) electrons. The molecule has 1 aromatic heterocycles. The van der Waals surface area contributed by atoms with Crippen LogP contribution in [0.25, 0.3) is 11.6 Å². The Morgan fingerprint density at radius 2 is 1.97 bits per heavy atom. The van der Waals surface area contributed by atoms with E-state index < -0.39 is 0 Å². The van der Waals surface area contributed by atoms with E-state index in [1.807, 2.05) is 11.8 Å². The molecule has 0 atom stereocenters. The number of carbonyl (C=O) groups excluding carboxylic acids is 3. The molecule has 172 valence electrons. The fraction of sp³-hybridized carbons (Fsp3) is 0.375. The number of ether oxygens (including phenoxy) is 1. The first-order chi connectivity index (χ1) is 16.0. The third kappa shape index (κ3) is 4.05. The Labute approximate surface area is 191 Å². The van der Waals surface area contributed by atoms with Gasteiger partial charge in [-0.2, -0.15) is 0 Å². The minimum atomic E-state index is -0.210. The number of hydrogen-bond donors (Lipinski definition) is 3. The predicted octanol–water partition coefficient (Wildman–Crippen LogP) is 1.71. The maximum atomic E-state index is 13.3. The molecule has 3 aliphatic heterocycles. The van der Waals surface area contributed by atoms with Crippen molar-refractivity contribution in [1.82, 2.24) is 14.8 Å². The Balaban J connectivity index is 1.39. The van der Waals surface area contributed by atoms with Gasteiger partial charge in [0, 0.05) is 67.5 Å². The first kappa shape index (κ1) is 21.4. The van der Waals surface area contributed by atoms with Crippen LogP contribution in [0.2, 0.25) is 0 Å². The normalized spacial score (nSPS) is 19.4. The van der Waals surface area contributed by atoms with Gasteiger partial charge in [0.05, 0.1) is 24.4 Å². The summed E-state index contributed by atoms with van der Waals surface area (Å²) >= 11 is 0. The summed E-state index contributed by atoms with van der Waals surface area (Å²) in [6.45, 7) is 7.44. The van der Waals surface area contributed by atoms with E-state index >= 15 is 0 Å². The van der Waals surface area contributed by atoms with Crippen LogP contribution in [0.4, 0.5) is 11.4 Å². The van der Waals surface area contributed by atoms with Crippen LogP contribution < -0.4 is 10.6 Å². The standard InChI is InChI=1S/C24H27N5O4/c1-15-21(13-18-17-12-16(25-14-30)2-3-19(17)27-23(18)31)26-20-4-5-29(24(32)22(15)20)7-6-28-8-10-33-11-9-28/h2-3,12-14,26H,4-11H2,1H3,(H,25,30)(H,27,31)/b18-13-. The molecule has 0 saturated carbocycles. The van der Waals surface area contributed by atoms with E-state index in [1.165, 1.54) is 0 Å². The number of hydrogen-bond acceptors (Lipinski definition) is 5. The van der Waals surface area contributed by atoms with Crippen molar-refractivity contribution < 1.29 is 19.1 Å². The molecule has 2 aromatic rings. The molecule has 0 bridgehead atoms. The van der Waals surface area contributed by atoms with E-state index in [0.717, 1.165) is 61.8 Å². The molecule has 1 saturated heterocycles. The summed E-state index contributed by atoms with van der Waals surface area (Å²) in [5.41, 5.74) is 5.76. The molecule has 0 aliphatic carbocycles. The van der Waals surface area contributed by atoms with Crippen LogP contribution in [0.5, 0.6) is 0 Å². The summed E-state index contributed by atoms with van der Waals surface area (Å²) in [6.07, 6.45) is 3.16. The van der Waals surface area contributed by atoms with Gasteiger partial charge in [-0.3, -0.25) is 19.3 Å². The van der Waals surface area contributed by atoms with Crippen molar-refractivity contribution in [1.29, 1.82) is 0 Å². The van der Waals surface area contributed by atoms with Crippen molar-refractivity contribution in [3.8, 4) is 0 Å². The lowest BCUT2D eigenvalue weighted by molar-refractivity contribution is -0.110. The topological polar surface area (TPSA) is 107 Å². The molecular weight excluding hydrogens is 422 g/mol. The lowest BCUT2D eigenvalue weighted by Gasteiger charge is -2.32. The lowest BCUT2D eigenvalue weighted by atomic mass is 10.0. The first-order valence-corrected chi connectivity index (χ1v) is 11.2. The quantitative estimate of drug-likeness (QED) is 0.460. The van der Waals surface area contributed by atoms with Crippen LogP contribution in [0, 0.1) is 6.92 Å². The van der Waals surface area contributed by atoms with Gasteiger partial charge in [0.2, 0.25) is 6.41 Å². The van der Waals surface area contributed by atoms with Crippen molar-refractivity contribution in [3.63, 3.8) is 0 Å². The van der Waals surface area contributed by atoms with Gasteiger partial charge in [0.15, 0.2) is 0 Å². The zero-order valence-electron chi connectivity index (χ0n) is 18.6. The zero-order valence-corrected chi connectivity index (χ0v) is 18.6. The number of benzene rings is 1. The number of nitrogens with one attached hydrogen (secondary N) is 3. The van der Waals surface area contributed by atoms with Crippen molar-refractivity contribution in [3.05, 3.63) is 46.3 Å². The number of fused-ring (bicyclic) bond motifs is 2. The van der Waals surface area contributed by atoms with Gasteiger partial charge >= 0.3 is 0 Å². The molecule has 0 unspecified atom stereocenters. The van der Waals surface area contributed by atoms with Gasteiger partial charge in [0.1, 0.15) is 0 Å². The molecule has 5 rings (SSSR count). The summed E-state index contributed by atoms with van der Waals surface area (Å²) < 4.78 is 5.40. The highest BCUT2D eigenvalue weighted by atomic mass is 16.5. The SMILES string of the molecule is Cc1c(/C=C2\C(=O)Nc3ccc(NC=O)cc32)[nH]c2c1C(=O)N(CCN1CCOCC1)CC2. The number of rotatable bonds is 6. The van der Waals surface area contributed by atoms with E-state index in [-0.39, 0.29) is 11.8 Å². The highest BCUT2D eigenvalue weighted by Gasteiger charge is 2.30. The number of carbonyl (C=O) groups is 3. The van der Waals surface area contributed by atoms with Gasteiger partial charge in [-0.05, 0) is 36.8 Å². The van der Waals surface area contributed by atoms with Crippen LogP contribution in [0.1, 0.15) is 32.9 Å². The number of nitrogens with zero attached hydrogens (tertiary/aromatic N) is 2. The molecule has 0 spiro atoms. The average Bonchev–Trinajstić information content (AvgIpc) is 3.31. The number of amides is 3. The van der Waals surface area contributed by atoms with E-state index in [1.54, 1.807) is 24.3 Å². The van der Waals surface area contributed by atoms with E-state index in [2.05, 4.69) is 20.5 Å². The zero-order chi connectivity index (χ0) is 22.9. The second-order valence-electron chi connectivity index (χ2n) is 8.55. The molecule has 1 fully saturated rings. The third-order valence-electron chi connectivity index (χ3n) is 6.61. The molecule has 3 amide bonds. The highest BCUT2D eigenvalue weighted by Crippen LogP contribution is 2.36. The number of H-pyrrole nitrogens is 1. The smallest absolute Gasteiger partial charge is 0.256 e. The van der Waals surface area contributed by atoms with Gasteiger partial charge in [0.25, 0.3) is 11.8 Å². The fourth-order valence-corrected chi connectivity index (χ4v) is 4.74. The number of anilines is 2. The van der Waals surface area contributed by atoms with Crippen LogP contribution in [-0.4, -0.2) is 78.9 Å². The first-order valence-electron chi connectivity index (χ1n) is 11.2. The largest absolute Gasteiger partial charge is 0.379 e. The van der Waals surface area contributed by atoms with Gasteiger partial charge < -0.3 is 25.3 Å². The van der Waals surface area contributed by atoms with E-state index in [9.17, 15) is 14.4 Å². The number of aromatic nitrogens is 1. The molecule has 1 aromatic carbocycles. The van der Waals surface area contributed by atoms with Crippen LogP contribution in [-0.2, 0) is 20.7 Å². The second kappa shape index (κ2) is 8.84. The molecule has 3 N–H and O–H groups in total. The Morgan fingerprint density at radius 3 is 2.76 bits per heavy atom. The maximum absolute atomic E-state index is 13.3. The van der Waals surface area contributed by atoms with Crippen molar-refractivity contribution in [2.24, 2.45) is 0 Å². The number of aromatic amines is 1. The lowest BCUT2D eigenvalue weighted by Crippen LogP contribution is -2.45. The summed E-state index contributed by atoms with van der Waals surface area (Å²) in [5, 5.41) is 5.47. The van der Waals surface area contributed by atoms with Crippen LogP contribution >= 0.6 is 0 Å². The van der Waals surface area contributed by atoms with Crippen molar-refractivity contribution >= 4 is 41.2 Å². The van der Waals surface area contributed by atoms with Crippen molar-refractivity contribution in [2.75, 3.05) is 56.6 Å². The molecule has 9 heteroatoms. The van der Waals surface area contributed by atoms with E-state index in [4.69, 9.17) is 4.74 Å². The van der Waals surface area contributed by atoms with Crippen LogP contribution in [0.15, 0.2) is 18.2 Å². The minimum Gasteiger partial charge on any atom is -0.379 e. The predicted molar refractivity (Wildman–Crippen MR) is 125 cm³/mol. The molecule has 3 aliphatic rings. The highest BCUT2D eigenvalue weighted by molar-refractivity contribution is 6.35.